The van der Waals surface area contributed by atoms with Gasteiger partial charge in [-0.2, -0.15) is 4.31 Å². The zero-order valence-electron chi connectivity index (χ0n) is 9.16. The molecule has 0 atom stereocenters. The highest BCUT2D eigenvalue weighted by molar-refractivity contribution is 7.89. The average Bonchev–Trinajstić information content (AvgIpc) is 2.78. The van der Waals surface area contributed by atoms with Crippen LogP contribution in [-0.2, 0) is 27.4 Å². The van der Waals surface area contributed by atoms with Crippen LogP contribution in [0.4, 0.5) is 0 Å². The van der Waals surface area contributed by atoms with Crippen LogP contribution < -0.4 is 5.73 Å². The molecule has 0 aliphatic carbocycles. The van der Waals surface area contributed by atoms with Crippen LogP contribution in [0.25, 0.3) is 0 Å². The van der Waals surface area contributed by atoms with Gasteiger partial charge in [0, 0.05) is 35.4 Å². The summed E-state index contributed by atoms with van der Waals surface area (Å²) in [5.74, 6) is 1.19. The molecule has 2 N–H and O–H groups in total. The normalized spacial score (nSPS) is 19.6. The first-order chi connectivity index (χ1) is 8.04. The van der Waals surface area contributed by atoms with E-state index in [0.29, 0.717) is 17.3 Å². The van der Waals surface area contributed by atoms with Crippen LogP contribution in [0.3, 0.4) is 0 Å². The third kappa shape index (κ3) is 2.59. The standard InChI is InChI=1S/C9H14N2O4S2/c10-7-8-1-2-9(15-8)17(13,14)11-3-5-16(12)6-4-11/h1-2H,3-7,10H2. The summed E-state index contributed by atoms with van der Waals surface area (Å²) < 4.78 is 41.8. The Labute approximate surface area is 102 Å². The van der Waals surface area contributed by atoms with Gasteiger partial charge in [-0.05, 0) is 12.1 Å². The lowest BCUT2D eigenvalue weighted by Gasteiger charge is -2.24. The first-order valence-corrected chi connectivity index (χ1v) is 8.11. The Morgan fingerprint density at radius 3 is 2.53 bits per heavy atom. The van der Waals surface area contributed by atoms with E-state index >= 15 is 0 Å². The van der Waals surface area contributed by atoms with Crippen LogP contribution in [0, 0.1) is 0 Å². The molecule has 17 heavy (non-hydrogen) atoms. The molecule has 1 aromatic rings. The zero-order valence-corrected chi connectivity index (χ0v) is 10.8. The summed E-state index contributed by atoms with van der Waals surface area (Å²) in [7, 11) is -4.50. The van der Waals surface area contributed by atoms with Crippen LogP contribution in [0.1, 0.15) is 5.76 Å². The molecular weight excluding hydrogens is 264 g/mol. The average molecular weight is 278 g/mol. The minimum atomic E-state index is -3.60. The van der Waals surface area contributed by atoms with Crippen molar-refractivity contribution in [1.82, 2.24) is 4.31 Å². The first-order valence-electron chi connectivity index (χ1n) is 5.18. The van der Waals surface area contributed by atoms with E-state index in [1.807, 2.05) is 0 Å². The van der Waals surface area contributed by atoms with E-state index in [2.05, 4.69) is 0 Å². The molecule has 0 spiro atoms. The molecule has 0 saturated carbocycles. The van der Waals surface area contributed by atoms with Crippen molar-refractivity contribution in [3.8, 4) is 0 Å². The van der Waals surface area contributed by atoms with E-state index in [-0.39, 0.29) is 24.7 Å². The molecule has 1 aliphatic heterocycles. The molecule has 1 saturated heterocycles. The summed E-state index contributed by atoms with van der Waals surface area (Å²) in [4.78, 5) is 0. The zero-order chi connectivity index (χ0) is 12.5. The Balaban J connectivity index is 2.21. The summed E-state index contributed by atoms with van der Waals surface area (Å²) in [6.45, 7) is 0.709. The molecule has 2 rings (SSSR count). The van der Waals surface area contributed by atoms with Crippen LogP contribution in [0.2, 0.25) is 0 Å². The van der Waals surface area contributed by atoms with Gasteiger partial charge >= 0.3 is 0 Å². The highest BCUT2D eigenvalue weighted by Crippen LogP contribution is 2.19. The van der Waals surface area contributed by atoms with Crippen LogP contribution >= 0.6 is 0 Å². The van der Waals surface area contributed by atoms with Gasteiger partial charge in [0.2, 0.25) is 5.09 Å². The summed E-state index contributed by atoms with van der Waals surface area (Å²) in [5, 5.41) is -0.0920. The quantitative estimate of drug-likeness (QED) is 0.804. The minimum absolute atomic E-state index is 0.0920. The van der Waals surface area contributed by atoms with Crippen LogP contribution in [-0.4, -0.2) is 41.5 Å². The summed E-state index contributed by atoms with van der Waals surface area (Å²) in [6, 6.07) is 2.96. The highest BCUT2D eigenvalue weighted by Gasteiger charge is 2.30. The molecule has 96 valence electrons. The second-order valence-corrected chi connectivity index (χ2v) is 7.24. The van der Waals surface area contributed by atoms with Gasteiger partial charge < -0.3 is 10.2 Å². The molecule has 0 amide bonds. The SMILES string of the molecule is NCc1ccc(S(=O)(=O)N2CCS(=O)CC2)o1. The molecule has 1 fully saturated rings. The van der Waals surface area contributed by atoms with Crippen molar-refractivity contribution >= 4 is 20.8 Å². The monoisotopic (exact) mass is 278 g/mol. The van der Waals surface area contributed by atoms with Gasteiger partial charge in [0.15, 0.2) is 0 Å². The van der Waals surface area contributed by atoms with Crippen LogP contribution in [0.5, 0.6) is 0 Å². The van der Waals surface area contributed by atoms with E-state index < -0.39 is 20.8 Å². The Morgan fingerprint density at radius 1 is 1.35 bits per heavy atom. The van der Waals surface area contributed by atoms with Crippen LogP contribution in [0.15, 0.2) is 21.6 Å². The fourth-order valence-corrected chi connectivity index (χ4v) is 4.25. The molecule has 6 nitrogen and oxygen atoms in total. The Hall–Kier alpha value is -0.700. The second kappa shape index (κ2) is 4.89. The topological polar surface area (TPSA) is 93.6 Å². The number of sulfonamides is 1. The number of rotatable bonds is 3. The molecule has 0 aromatic carbocycles. The fourth-order valence-electron chi connectivity index (χ4n) is 1.60. The second-order valence-electron chi connectivity index (χ2n) is 3.68. The molecule has 8 heteroatoms. The maximum Gasteiger partial charge on any atom is 0.276 e. The number of hydrogen-bond donors (Lipinski definition) is 1. The van der Waals surface area contributed by atoms with E-state index in [1.54, 1.807) is 6.07 Å². The Morgan fingerprint density at radius 2 is 2.00 bits per heavy atom. The largest absolute Gasteiger partial charge is 0.447 e. The van der Waals surface area contributed by atoms with Crippen molar-refractivity contribution in [1.29, 1.82) is 0 Å². The molecular formula is C9H14N2O4S2. The summed E-state index contributed by atoms with van der Waals surface area (Å²) in [5.41, 5.74) is 5.36. The third-order valence-corrected chi connectivity index (χ3v) is 5.62. The molecule has 1 aromatic heterocycles. The highest BCUT2D eigenvalue weighted by atomic mass is 32.2. The van der Waals surface area contributed by atoms with Crippen molar-refractivity contribution < 1.29 is 17.0 Å². The van der Waals surface area contributed by atoms with E-state index in [4.69, 9.17) is 10.2 Å². The lowest BCUT2D eigenvalue weighted by Crippen LogP contribution is -2.41. The number of furan rings is 1. The van der Waals surface area contributed by atoms with Crippen molar-refractivity contribution in [2.45, 2.75) is 11.6 Å². The van der Waals surface area contributed by atoms with Gasteiger partial charge in [-0.25, -0.2) is 8.42 Å². The predicted octanol–water partition coefficient (Wildman–Crippen LogP) is -0.509. The maximum atomic E-state index is 12.1. The molecule has 0 unspecified atom stereocenters. The molecule has 0 bridgehead atoms. The third-order valence-electron chi connectivity index (χ3n) is 2.57. The molecule has 2 heterocycles. The molecule has 0 radical (unpaired) electrons. The number of nitrogens with two attached hydrogens (primary N) is 1. The van der Waals surface area contributed by atoms with Crippen molar-refractivity contribution in [2.24, 2.45) is 5.73 Å². The smallest absolute Gasteiger partial charge is 0.276 e. The van der Waals surface area contributed by atoms with E-state index in [0.717, 1.165) is 0 Å². The van der Waals surface area contributed by atoms with Gasteiger partial charge in [0.1, 0.15) is 5.76 Å². The Bertz CT molecular complexity index is 513. The number of nitrogens with zero attached hydrogens (tertiary/aromatic N) is 1. The van der Waals surface area contributed by atoms with Gasteiger partial charge in [0.05, 0.1) is 6.54 Å². The fraction of sp³-hybridized carbons (Fsp3) is 0.556. The first kappa shape index (κ1) is 12.7. The lowest BCUT2D eigenvalue weighted by atomic mass is 10.5. The van der Waals surface area contributed by atoms with E-state index in [9.17, 15) is 12.6 Å². The van der Waals surface area contributed by atoms with Crippen molar-refractivity contribution in [3.63, 3.8) is 0 Å². The van der Waals surface area contributed by atoms with E-state index in [1.165, 1.54) is 10.4 Å². The van der Waals surface area contributed by atoms with Gasteiger partial charge in [-0.15, -0.1) is 0 Å². The molecule has 1 aliphatic rings. The lowest BCUT2D eigenvalue weighted by molar-refractivity contribution is 0.379. The van der Waals surface area contributed by atoms with Gasteiger partial charge in [-0.1, -0.05) is 0 Å². The van der Waals surface area contributed by atoms with Crippen molar-refractivity contribution in [2.75, 3.05) is 24.6 Å². The van der Waals surface area contributed by atoms with Gasteiger partial charge in [0.25, 0.3) is 10.0 Å². The maximum absolute atomic E-state index is 12.1. The Kier molecular flexibility index (Phi) is 3.67. The minimum Gasteiger partial charge on any atom is -0.447 e. The summed E-state index contributed by atoms with van der Waals surface area (Å²) in [6.07, 6.45) is 0. The summed E-state index contributed by atoms with van der Waals surface area (Å²) >= 11 is 0. The predicted molar refractivity (Wildman–Crippen MR) is 63.2 cm³/mol. The van der Waals surface area contributed by atoms with Crippen molar-refractivity contribution in [3.05, 3.63) is 17.9 Å². The van der Waals surface area contributed by atoms with Gasteiger partial charge in [-0.3, -0.25) is 4.21 Å². The number of hydrogen-bond acceptors (Lipinski definition) is 5.